The second-order valence-electron chi connectivity index (χ2n) is 7.12. The molecule has 0 bridgehead atoms. The summed E-state index contributed by atoms with van der Waals surface area (Å²) in [5.74, 6) is 0.189. The van der Waals surface area contributed by atoms with Crippen molar-refractivity contribution in [2.45, 2.75) is 30.3 Å². The van der Waals surface area contributed by atoms with Crippen LogP contribution >= 0.6 is 0 Å². The summed E-state index contributed by atoms with van der Waals surface area (Å²) in [6.07, 6.45) is -4.14. The number of alkyl halides is 3. The zero-order valence-electron chi connectivity index (χ0n) is 16.8. The number of rotatable bonds is 6. The molecular formula is C21H18F3NO6S. The van der Waals surface area contributed by atoms with Crippen molar-refractivity contribution < 1.29 is 40.6 Å². The van der Waals surface area contributed by atoms with Crippen LogP contribution in [0.4, 0.5) is 13.2 Å². The predicted octanol–water partition coefficient (Wildman–Crippen LogP) is 4.12. The van der Waals surface area contributed by atoms with E-state index in [-0.39, 0.29) is 53.3 Å². The predicted molar refractivity (Wildman–Crippen MR) is 107 cm³/mol. The van der Waals surface area contributed by atoms with Gasteiger partial charge in [-0.15, -0.1) is 0 Å². The lowest BCUT2D eigenvalue weighted by Gasteiger charge is -2.13. The van der Waals surface area contributed by atoms with Crippen molar-refractivity contribution in [1.29, 1.82) is 0 Å². The Bertz CT molecular complexity index is 1300. The summed E-state index contributed by atoms with van der Waals surface area (Å²) in [4.78, 5) is 11.3. The molecule has 2 aromatic carbocycles. The number of fused-ring (bicyclic) bond motifs is 2. The largest absolute Gasteiger partial charge is 0.469 e. The van der Waals surface area contributed by atoms with Gasteiger partial charge in [0.05, 0.1) is 23.1 Å². The second kappa shape index (κ2) is 8.05. The number of carbonyl (C=O) groups excluding carboxylic acids is 1. The lowest BCUT2D eigenvalue weighted by atomic mass is 10.1. The van der Waals surface area contributed by atoms with Crippen LogP contribution in [0.3, 0.4) is 0 Å². The third-order valence-electron chi connectivity index (χ3n) is 5.08. The number of esters is 1. The molecule has 0 saturated heterocycles. The van der Waals surface area contributed by atoms with Gasteiger partial charge in [0.1, 0.15) is 0 Å². The topological polar surface area (TPSA) is 83.8 Å². The van der Waals surface area contributed by atoms with E-state index in [1.807, 2.05) is 0 Å². The fourth-order valence-corrected chi connectivity index (χ4v) is 5.13. The fourth-order valence-electron chi connectivity index (χ4n) is 3.54. The van der Waals surface area contributed by atoms with Crippen molar-refractivity contribution in [2.75, 3.05) is 13.9 Å². The maximum absolute atomic E-state index is 13.5. The molecule has 3 aromatic rings. The molecule has 11 heteroatoms. The minimum Gasteiger partial charge on any atom is -0.469 e. The summed E-state index contributed by atoms with van der Waals surface area (Å²) >= 11 is 0. The first kappa shape index (κ1) is 22.0. The van der Waals surface area contributed by atoms with Crippen molar-refractivity contribution in [1.82, 2.24) is 3.97 Å². The van der Waals surface area contributed by atoms with Crippen LogP contribution in [0.2, 0.25) is 0 Å². The Hall–Kier alpha value is -3.21. The van der Waals surface area contributed by atoms with E-state index in [0.29, 0.717) is 5.75 Å². The van der Waals surface area contributed by atoms with E-state index in [4.69, 9.17) is 9.47 Å². The van der Waals surface area contributed by atoms with Gasteiger partial charge in [-0.25, -0.2) is 12.4 Å². The molecule has 0 spiro atoms. The van der Waals surface area contributed by atoms with Gasteiger partial charge in [-0.1, -0.05) is 0 Å². The van der Waals surface area contributed by atoms with Gasteiger partial charge in [0, 0.05) is 23.6 Å². The van der Waals surface area contributed by atoms with Crippen LogP contribution in [0.1, 0.15) is 24.1 Å². The first-order valence-electron chi connectivity index (χ1n) is 9.55. The van der Waals surface area contributed by atoms with Crippen LogP contribution in [0.15, 0.2) is 47.4 Å². The van der Waals surface area contributed by atoms with E-state index in [2.05, 4.69) is 4.74 Å². The summed E-state index contributed by atoms with van der Waals surface area (Å²) in [7, 11) is -2.96. The minimum atomic E-state index is -4.57. The van der Waals surface area contributed by atoms with Gasteiger partial charge in [-0.3, -0.25) is 4.79 Å². The number of ether oxygens (including phenoxy) is 3. The standard InChI is InChI=1S/C21H18F3NO6S/c1-29-20(26)4-2-3-15-10-13-9-14(21(22,23)24)5-7-17(13)25(15)32(27,28)16-6-8-18-19(11-16)31-12-30-18/h5-11H,2-4,12H2,1H3. The zero-order chi connectivity index (χ0) is 23.1. The molecule has 0 amide bonds. The molecule has 1 aliphatic heterocycles. The van der Waals surface area contributed by atoms with Gasteiger partial charge in [-0.05, 0) is 49.2 Å². The lowest BCUT2D eigenvalue weighted by Crippen LogP contribution is -2.16. The molecule has 7 nitrogen and oxygen atoms in total. The Morgan fingerprint density at radius 3 is 2.56 bits per heavy atom. The number of benzene rings is 2. The number of carbonyl (C=O) groups is 1. The Morgan fingerprint density at radius 1 is 1.09 bits per heavy atom. The Morgan fingerprint density at radius 2 is 1.84 bits per heavy atom. The van der Waals surface area contributed by atoms with Gasteiger partial charge in [-0.2, -0.15) is 13.2 Å². The van der Waals surface area contributed by atoms with E-state index in [0.717, 1.165) is 22.2 Å². The summed E-state index contributed by atoms with van der Waals surface area (Å²) in [6, 6.07) is 8.39. The first-order valence-corrected chi connectivity index (χ1v) is 11.0. The number of hydrogen-bond donors (Lipinski definition) is 0. The zero-order valence-corrected chi connectivity index (χ0v) is 17.6. The smallest absolute Gasteiger partial charge is 0.416 e. The number of aryl methyl sites for hydroxylation is 1. The Labute approximate surface area is 181 Å². The van der Waals surface area contributed by atoms with Crippen LogP contribution < -0.4 is 9.47 Å². The molecule has 0 fully saturated rings. The lowest BCUT2D eigenvalue weighted by molar-refractivity contribution is -0.140. The number of nitrogens with zero attached hydrogens (tertiary/aromatic N) is 1. The molecule has 1 aromatic heterocycles. The highest BCUT2D eigenvalue weighted by Crippen LogP contribution is 2.37. The molecule has 4 rings (SSSR count). The van der Waals surface area contributed by atoms with Crippen LogP contribution in [0, 0.1) is 0 Å². The van der Waals surface area contributed by atoms with E-state index >= 15 is 0 Å². The summed E-state index contributed by atoms with van der Waals surface area (Å²) in [6.45, 7) is -0.0374. The number of halogens is 3. The number of hydrogen-bond acceptors (Lipinski definition) is 6. The highest BCUT2D eigenvalue weighted by molar-refractivity contribution is 7.90. The molecule has 0 radical (unpaired) electrons. The second-order valence-corrected chi connectivity index (χ2v) is 8.91. The van der Waals surface area contributed by atoms with Gasteiger partial charge < -0.3 is 14.2 Å². The van der Waals surface area contributed by atoms with Crippen molar-refractivity contribution in [3.05, 3.63) is 53.7 Å². The Kier molecular flexibility index (Phi) is 5.53. The van der Waals surface area contributed by atoms with Gasteiger partial charge in [0.25, 0.3) is 10.0 Å². The molecule has 0 saturated carbocycles. The number of aromatic nitrogens is 1. The molecule has 2 heterocycles. The van der Waals surface area contributed by atoms with Crippen LogP contribution in [-0.4, -0.2) is 32.3 Å². The molecule has 170 valence electrons. The molecular weight excluding hydrogens is 451 g/mol. The van der Waals surface area contributed by atoms with Crippen LogP contribution in [-0.2, 0) is 32.2 Å². The molecule has 0 N–H and O–H groups in total. The molecule has 1 aliphatic rings. The third-order valence-corrected chi connectivity index (χ3v) is 6.84. The van der Waals surface area contributed by atoms with Crippen LogP contribution in [0.25, 0.3) is 10.9 Å². The van der Waals surface area contributed by atoms with Crippen molar-refractivity contribution in [2.24, 2.45) is 0 Å². The Balaban J connectivity index is 1.83. The van der Waals surface area contributed by atoms with Crippen molar-refractivity contribution >= 4 is 26.9 Å². The van der Waals surface area contributed by atoms with E-state index < -0.39 is 27.7 Å². The first-order chi connectivity index (χ1) is 15.1. The van der Waals surface area contributed by atoms with E-state index in [9.17, 15) is 26.4 Å². The van der Waals surface area contributed by atoms with Gasteiger partial charge in [0.15, 0.2) is 11.5 Å². The SMILES string of the molecule is COC(=O)CCCc1cc2cc(C(F)(F)F)ccc2n1S(=O)(=O)c1ccc2c(c1)OCO2. The summed E-state index contributed by atoms with van der Waals surface area (Å²) < 4.78 is 82.6. The minimum absolute atomic E-state index is 0.0374. The highest BCUT2D eigenvalue weighted by atomic mass is 32.2. The molecule has 0 aliphatic carbocycles. The third kappa shape index (κ3) is 3.99. The van der Waals surface area contributed by atoms with Crippen molar-refractivity contribution in [3.63, 3.8) is 0 Å². The normalized spacial score (nSPS) is 13.5. The van der Waals surface area contributed by atoms with E-state index in [1.54, 1.807) is 0 Å². The molecule has 0 unspecified atom stereocenters. The quantitative estimate of drug-likeness (QED) is 0.505. The monoisotopic (exact) mass is 469 g/mol. The summed E-state index contributed by atoms with van der Waals surface area (Å²) in [5, 5.41) is 0.122. The molecule has 32 heavy (non-hydrogen) atoms. The van der Waals surface area contributed by atoms with Gasteiger partial charge >= 0.3 is 12.1 Å². The highest BCUT2D eigenvalue weighted by Gasteiger charge is 2.32. The van der Waals surface area contributed by atoms with Crippen LogP contribution in [0.5, 0.6) is 11.5 Å². The maximum Gasteiger partial charge on any atom is 0.416 e. The van der Waals surface area contributed by atoms with Gasteiger partial charge in [0.2, 0.25) is 6.79 Å². The molecule has 0 atom stereocenters. The maximum atomic E-state index is 13.5. The van der Waals surface area contributed by atoms with Crippen molar-refractivity contribution in [3.8, 4) is 11.5 Å². The average molecular weight is 469 g/mol. The van der Waals surface area contributed by atoms with E-state index in [1.165, 1.54) is 31.4 Å². The average Bonchev–Trinajstić information content (AvgIpc) is 3.36. The fraction of sp³-hybridized carbons (Fsp3) is 0.286. The number of methoxy groups -OCH3 is 1. The summed E-state index contributed by atoms with van der Waals surface area (Å²) in [5.41, 5.74) is -0.534.